The lowest BCUT2D eigenvalue weighted by Crippen LogP contribution is -2.09. The molecule has 0 bridgehead atoms. The van der Waals surface area contributed by atoms with E-state index in [0.29, 0.717) is 0 Å². The molecule has 1 aromatic heterocycles. The predicted octanol–water partition coefficient (Wildman–Crippen LogP) is 5.68. The average Bonchev–Trinajstić information content (AvgIpc) is 3.01. The van der Waals surface area contributed by atoms with Crippen molar-refractivity contribution in [3.63, 3.8) is 0 Å². The van der Waals surface area contributed by atoms with Crippen LogP contribution in [0.4, 0.5) is 0 Å². The molecular formula is C23H23NO. The van der Waals surface area contributed by atoms with Crippen molar-refractivity contribution in [3.8, 4) is 11.1 Å². The fraction of sp³-hybridized carbons (Fsp3) is 0.217. The highest BCUT2D eigenvalue weighted by atomic mass is 16.5. The number of hydrogen-bond donors (Lipinski definition) is 0. The van der Waals surface area contributed by atoms with Gasteiger partial charge in [-0.3, -0.25) is 0 Å². The molecule has 0 saturated carbocycles. The fourth-order valence-electron chi connectivity index (χ4n) is 3.46. The third-order valence-corrected chi connectivity index (χ3v) is 5.04. The van der Waals surface area contributed by atoms with Gasteiger partial charge in [0, 0.05) is 18.3 Å². The Morgan fingerprint density at radius 1 is 0.800 bits per heavy atom. The maximum Gasteiger partial charge on any atom is 0.146 e. The zero-order valence-corrected chi connectivity index (χ0v) is 14.8. The van der Waals surface area contributed by atoms with E-state index in [2.05, 4.69) is 85.3 Å². The second-order valence-electron chi connectivity index (χ2n) is 6.62. The van der Waals surface area contributed by atoms with E-state index in [0.717, 1.165) is 25.2 Å². The number of aryl methyl sites for hydroxylation is 1. The van der Waals surface area contributed by atoms with Crippen LogP contribution in [0, 0.1) is 6.92 Å². The number of rotatable bonds is 3. The molecule has 1 aliphatic heterocycles. The van der Waals surface area contributed by atoms with Crippen LogP contribution in [0.15, 0.2) is 66.7 Å². The third-order valence-electron chi connectivity index (χ3n) is 5.04. The highest BCUT2D eigenvalue weighted by Crippen LogP contribution is 2.35. The molecule has 2 heteroatoms. The third kappa shape index (κ3) is 3.00. The molecule has 25 heavy (non-hydrogen) atoms. The van der Waals surface area contributed by atoms with Crippen molar-refractivity contribution in [1.82, 2.24) is 4.57 Å². The molecule has 0 radical (unpaired) electrons. The smallest absolute Gasteiger partial charge is 0.146 e. The van der Waals surface area contributed by atoms with E-state index in [9.17, 15) is 0 Å². The van der Waals surface area contributed by atoms with Crippen molar-refractivity contribution < 1.29 is 4.74 Å². The number of hydrogen-bond acceptors (Lipinski definition) is 1. The van der Waals surface area contributed by atoms with Crippen LogP contribution in [0.25, 0.3) is 22.5 Å². The van der Waals surface area contributed by atoms with Gasteiger partial charge in [0.25, 0.3) is 0 Å². The first-order valence-corrected chi connectivity index (χ1v) is 8.88. The molecule has 2 nitrogen and oxygen atoms in total. The summed E-state index contributed by atoms with van der Waals surface area (Å²) in [6.45, 7) is 2.92. The Labute approximate surface area is 149 Å². The van der Waals surface area contributed by atoms with Crippen molar-refractivity contribution in [1.29, 1.82) is 0 Å². The van der Waals surface area contributed by atoms with E-state index in [1.54, 1.807) is 0 Å². The Kier molecular flexibility index (Phi) is 4.19. The first kappa shape index (κ1) is 15.8. The van der Waals surface area contributed by atoms with Gasteiger partial charge in [0.1, 0.15) is 5.76 Å². The largest absolute Gasteiger partial charge is 0.491 e. The Bertz CT molecular complexity index is 901. The minimum atomic E-state index is 0.797. The summed E-state index contributed by atoms with van der Waals surface area (Å²) < 4.78 is 8.31. The van der Waals surface area contributed by atoms with E-state index in [-0.39, 0.29) is 0 Å². The Morgan fingerprint density at radius 2 is 1.48 bits per heavy atom. The number of allylic oxidation sites excluding steroid dienone is 1. The fourth-order valence-corrected chi connectivity index (χ4v) is 3.46. The van der Waals surface area contributed by atoms with Crippen molar-refractivity contribution in [2.24, 2.45) is 7.05 Å². The summed E-state index contributed by atoms with van der Waals surface area (Å²) in [5.74, 6) is 1.04. The highest BCUT2D eigenvalue weighted by Gasteiger charge is 2.20. The summed E-state index contributed by atoms with van der Waals surface area (Å²) in [6, 6.07) is 23.7. The van der Waals surface area contributed by atoms with Crippen LogP contribution in [0.2, 0.25) is 0 Å². The predicted molar refractivity (Wildman–Crippen MR) is 104 cm³/mol. The summed E-state index contributed by atoms with van der Waals surface area (Å²) in [4.78, 5) is 0. The van der Waals surface area contributed by atoms with Gasteiger partial charge in [-0.05, 0) is 48.6 Å². The monoisotopic (exact) mass is 329 g/mol. The number of benzene rings is 2. The van der Waals surface area contributed by atoms with E-state index >= 15 is 0 Å². The zero-order valence-electron chi connectivity index (χ0n) is 14.8. The molecule has 0 unspecified atom stereocenters. The lowest BCUT2D eigenvalue weighted by atomic mass is 9.95. The van der Waals surface area contributed by atoms with E-state index in [1.807, 2.05) is 0 Å². The summed E-state index contributed by atoms with van der Waals surface area (Å²) in [5.41, 5.74) is 7.48. The first-order valence-electron chi connectivity index (χ1n) is 8.88. The van der Waals surface area contributed by atoms with Gasteiger partial charge in [-0.15, -0.1) is 0 Å². The summed E-state index contributed by atoms with van der Waals surface area (Å²) >= 11 is 0. The van der Waals surface area contributed by atoms with Crippen LogP contribution in [0.3, 0.4) is 0 Å². The van der Waals surface area contributed by atoms with Crippen LogP contribution in [0.5, 0.6) is 0 Å². The van der Waals surface area contributed by atoms with Crippen molar-refractivity contribution in [2.75, 3.05) is 6.61 Å². The molecule has 0 spiro atoms. The second-order valence-corrected chi connectivity index (χ2v) is 6.62. The second kappa shape index (κ2) is 6.64. The molecule has 0 amide bonds. The van der Waals surface area contributed by atoms with E-state index < -0.39 is 0 Å². The maximum atomic E-state index is 6.10. The van der Waals surface area contributed by atoms with Gasteiger partial charge in [0.05, 0.1) is 12.3 Å². The average molecular weight is 329 g/mol. The SMILES string of the molecule is Cc1ccc(C2=C(c3ccc(-c4ccccc4)cc3)CCCO2)n1C. The molecule has 126 valence electrons. The molecule has 0 fully saturated rings. The van der Waals surface area contributed by atoms with Crippen LogP contribution in [-0.4, -0.2) is 11.2 Å². The van der Waals surface area contributed by atoms with Crippen LogP contribution < -0.4 is 0 Å². The Balaban J connectivity index is 1.74. The number of nitrogens with zero attached hydrogens (tertiary/aromatic N) is 1. The number of ether oxygens (including phenoxy) is 1. The molecule has 2 heterocycles. The molecule has 3 aromatic rings. The van der Waals surface area contributed by atoms with Crippen LogP contribution in [-0.2, 0) is 11.8 Å². The molecule has 4 rings (SSSR count). The van der Waals surface area contributed by atoms with Crippen LogP contribution >= 0.6 is 0 Å². The van der Waals surface area contributed by atoms with Crippen molar-refractivity contribution in [3.05, 3.63) is 83.7 Å². The highest BCUT2D eigenvalue weighted by molar-refractivity contribution is 5.88. The molecule has 1 aliphatic rings. The summed E-state index contributed by atoms with van der Waals surface area (Å²) in [6.07, 6.45) is 2.13. The molecule has 2 aromatic carbocycles. The quantitative estimate of drug-likeness (QED) is 0.603. The minimum absolute atomic E-state index is 0.797. The van der Waals surface area contributed by atoms with Gasteiger partial charge in [-0.25, -0.2) is 0 Å². The van der Waals surface area contributed by atoms with Gasteiger partial charge in [-0.2, -0.15) is 0 Å². The van der Waals surface area contributed by atoms with Gasteiger partial charge < -0.3 is 9.30 Å². The van der Waals surface area contributed by atoms with Gasteiger partial charge in [-0.1, -0.05) is 54.6 Å². The van der Waals surface area contributed by atoms with Gasteiger partial charge in [0.15, 0.2) is 0 Å². The summed E-state index contributed by atoms with van der Waals surface area (Å²) in [5, 5.41) is 0. The normalized spacial score (nSPS) is 14.5. The lowest BCUT2D eigenvalue weighted by Gasteiger charge is -2.22. The molecule has 0 aliphatic carbocycles. The van der Waals surface area contributed by atoms with Crippen molar-refractivity contribution >= 4 is 11.3 Å². The van der Waals surface area contributed by atoms with Crippen molar-refractivity contribution in [2.45, 2.75) is 19.8 Å². The summed E-state index contributed by atoms with van der Waals surface area (Å²) in [7, 11) is 2.10. The molecular weight excluding hydrogens is 306 g/mol. The topological polar surface area (TPSA) is 14.2 Å². The Hall–Kier alpha value is -2.74. The minimum Gasteiger partial charge on any atom is -0.491 e. The van der Waals surface area contributed by atoms with Crippen LogP contribution in [0.1, 0.15) is 29.8 Å². The Morgan fingerprint density at radius 3 is 2.16 bits per heavy atom. The maximum absolute atomic E-state index is 6.10. The standard InChI is InChI=1S/C23H23NO/c1-17-10-15-22(24(17)2)23-21(9-6-16-25-23)20-13-11-19(12-14-20)18-7-4-3-5-8-18/h3-5,7-8,10-15H,6,9,16H2,1-2H3. The molecule has 0 saturated heterocycles. The van der Waals surface area contributed by atoms with Gasteiger partial charge >= 0.3 is 0 Å². The number of aromatic nitrogens is 1. The molecule has 0 N–H and O–H groups in total. The van der Waals surface area contributed by atoms with Gasteiger partial charge in [0.2, 0.25) is 0 Å². The van der Waals surface area contributed by atoms with E-state index in [4.69, 9.17) is 4.74 Å². The van der Waals surface area contributed by atoms with E-state index in [1.165, 1.54) is 33.7 Å². The first-order chi connectivity index (χ1) is 12.2. The molecule has 0 atom stereocenters. The zero-order chi connectivity index (χ0) is 17.2. The lowest BCUT2D eigenvalue weighted by molar-refractivity contribution is 0.260.